The smallest absolute Gasteiger partial charge is 0.137 e. The van der Waals surface area contributed by atoms with Gasteiger partial charge in [-0.05, 0) is 19.1 Å². The fourth-order valence-corrected chi connectivity index (χ4v) is 2.41. The largest absolute Gasteiger partial charge is 0.496 e. The zero-order chi connectivity index (χ0) is 12.4. The van der Waals surface area contributed by atoms with Gasteiger partial charge in [-0.3, -0.25) is 0 Å². The van der Waals surface area contributed by atoms with Gasteiger partial charge < -0.3 is 10.5 Å². The summed E-state index contributed by atoms with van der Waals surface area (Å²) in [5, 5.41) is 0.590. The van der Waals surface area contributed by atoms with E-state index < -0.39 is 0 Å². The Morgan fingerprint density at radius 2 is 2.24 bits per heavy atom. The van der Waals surface area contributed by atoms with E-state index >= 15 is 0 Å². The highest BCUT2D eigenvalue weighted by molar-refractivity contribution is 7.15. The molecular weight excluding hydrogens is 239 g/mol. The molecule has 0 aliphatic heterocycles. The Bertz CT molecular complexity index is 525. The van der Waals surface area contributed by atoms with Crippen molar-refractivity contribution in [3.63, 3.8) is 0 Å². The third-order valence-electron chi connectivity index (χ3n) is 2.38. The second kappa shape index (κ2) is 4.81. The van der Waals surface area contributed by atoms with E-state index in [-0.39, 0.29) is 11.9 Å². The van der Waals surface area contributed by atoms with E-state index in [1.54, 1.807) is 18.3 Å². The molecule has 1 atom stereocenters. The van der Waals surface area contributed by atoms with Crippen LogP contribution in [0.4, 0.5) is 4.39 Å². The van der Waals surface area contributed by atoms with Crippen LogP contribution in [-0.4, -0.2) is 12.1 Å². The van der Waals surface area contributed by atoms with Crippen LogP contribution in [0.2, 0.25) is 0 Å². The maximum Gasteiger partial charge on any atom is 0.137 e. The van der Waals surface area contributed by atoms with Crippen LogP contribution in [0.5, 0.6) is 5.75 Å². The van der Waals surface area contributed by atoms with Crippen LogP contribution >= 0.6 is 11.3 Å². The summed E-state index contributed by atoms with van der Waals surface area (Å²) in [5.74, 6) is 0.144. The second-order valence-electron chi connectivity index (χ2n) is 3.67. The Hall–Kier alpha value is -1.46. The first-order chi connectivity index (χ1) is 8.13. The monoisotopic (exact) mass is 252 g/mol. The number of nitrogens with two attached hydrogens (primary N) is 1. The van der Waals surface area contributed by atoms with Gasteiger partial charge in [-0.2, -0.15) is 0 Å². The topological polar surface area (TPSA) is 48.1 Å². The Balaban J connectivity index is 2.51. The molecule has 0 aliphatic carbocycles. The third-order valence-corrected chi connectivity index (χ3v) is 3.60. The minimum absolute atomic E-state index is 0.0981. The van der Waals surface area contributed by atoms with Crippen LogP contribution in [0.25, 0.3) is 10.6 Å². The maximum absolute atomic E-state index is 13.8. The first kappa shape index (κ1) is 12.0. The lowest BCUT2D eigenvalue weighted by Crippen LogP contribution is -2.01. The molecule has 0 fully saturated rings. The summed E-state index contributed by atoms with van der Waals surface area (Å²) in [6.45, 7) is 1.87. The van der Waals surface area contributed by atoms with Crippen molar-refractivity contribution in [1.29, 1.82) is 0 Å². The number of nitrogens with zero attached hydrogens (tertiary/aromatic N) is 1. The van der Waals surface area contributed by atoms with Gasteiger partial charge in [0, 0.05) is 17.1 Å². The predicted molar refractivity (Wildman–Crippen MR) is 66.7 cm³/mol. The SMILES string of the molecule is COc1cccc(F)c1-c1ncc(C(C)N)s1. The molecule has 0 bridgehead atoms. The number of rotatable bonds is 3. The van der Waals surface area contributed by atoms with Crippen molar-refractivity contribution in [2.45, 2.75) is 13.0 Å². The van der Waals surface area contributed by atoms with Crippen molar-refractivity contribution in [2.24, 2.45) is 5.73 Å². The fraction of sp³-hybridized carbons (Fsp3) is 0.250. The molecule has 1 heterocycles. The molecule has 1 unspecified atom stereocenters. The zero-order valence-corrected chi connectivity index (χ0v) is 10.4. The zero-order valence-electron chi connectivity index (χ0n) is 9.61. The van der Waals surface area contributed by atoms with Crippen molar-refractivity contribution < 1.29 is 9.13 Å². The Kier molecular flexibility index (Phi) is 3.40. The molecule has 0 spiro atoms. The van der Waals surface area contributed by atoms with Crippen molar-refractivity contribution in [3.05, 3.63) is 35.1 Å². The molecule has 1 aromatic carbocycles. The Morgan fingerprint density at radius 3 is 2.82 bits per heavy atom. The summed E-state index contributed by atoms with van der Waals surface area (Å²) in [5.41, 5.74) is 6.15. The summed E-state index contributed by atoms with van der Waals surface area (Å²) >= 11 is 1.38. The van der Waals surface area contributed by atoms with Crippen molar-refractivity contribution >= 4 is 11.3 Å². The maximum atomic E-state index is 13.8. The lowest BCUT2D eigenvalue weighted by atomic mass is 10.2. The van der Waals surface area contributed by atoms with Gasteiger partial charge in [0.05, 0.1) is 12.7 Å². The molecule has 0 radical (unpaired) electrons. The highest BCUT2D eigenvalue weighted by Gasteiger charge is 2.16. The lowest BCUT2D eigenvalue weighted by molar-refractivity contribution is 0.413. The summed E-state index contributed by atoms with van der Waals surface area (Å²) in [4.78, 5) is 5.12. The first-order valence-corrected chi connectivity index (χ1v) is 5.99. The summed E-state index contributed by atoms with van der Waals surface area (Å²) in [6.07, 6.45) is 1.68. The average molecular weight is 252 g/mol. The third kappa shape index (κ3) is 2.30. The van der Waals surface area contributed by atoms with Crippen molar-refractivity contribution in [1.82, 2.24) is 4.98 Å². The quantitative estimate of drug-likeness (QED) is 0.913. The van der Waals surface area contributed by atoms with E-state index in [4.69, 9.17) is 10.5 Å². The van der Waals surface area contributed by atoms with E-state index in [9.17, 15) is 4.39 Å². The number of methoxy groups -OCH3 is 1. The number of thiazole rings is 1. The van der Waals surface area contributed by atoms with Gasteiger partial charge in [0.25, 0.3) is 0 Å². The molecule has 2 aromatic rings. The fourth-order valence-electron chi connectivity index (χ4n) is 1.49. The van der Waals surface area contributed by atoms with Crippen LogP contribution in [0, 0.1) is 5.82 Å². The Labute approximate surface area is 103 Å². The number of hydrogen-bond acceptors (Lipinski definition) is 4. The summed E-state index contributed by atoms with van der Waals surface area (Å²) in [7, 11) is 1.51. The minimum Gasteiger partial charge on any atom is -0.496 e. The molecule has 0 saturated heterocycles. The van der Waals surface area contributed by atoms with Crippen molar-refractivity contribution in [2.75, 3.05) is 7.11 Å². The normalized spacial score (nSPS) is 12.5. The molecule has 5 heteroatoms. The van der Waals surface area contributed by atoms with E-state index in [1.807, 2.05) is 6.92 Å². The van der Waals surface area contributed by atoms with Gasteiger partial charge in [0.15, 0.2) is 0 Å². The second-order valence-corrected chi connectivity index (χ2v) is 4.74. The Morgan fingerprint density at radius 1 is 1.47 bits per heavy atom. The van der Waals surface area contributed by atoms with E-state index in [1.165, 1.54) is 24.5 Å². The molecule has 0 aliphatic rings. The van der Waals surface area contributed by atoms with Crippen LogP contribution in [0.3, 0.4) is 0 Å². The number of aromatic nitrogens is 1. The standard InChI is InChI=1S/C12H13FN2OS/c1-7(14)10-6-15-12(17-10)11-8(13)4-3-5-9(11)16-2/h3-7H,14H2,1-2H3. The van der Waals surface area contributed by atoms with Gasteiger partial charge in [0.1, 0.15) is 16.6 Å². The number of hydrogen-bond donors (Lipinski definition) is 1. The molecule has 2 rings (SSSR count). The number of benzene rings is 1. The van der Waals surface area contributed by atoms with E-state index in [2.05, 4.69) is 4.98 Å². The summed E-state index contributed by atoms with van der Waals surface area (Å²) in [6, 6.07) is 4.62. The predicted octanol–water partition coefficient (Wildman–Crippen LogP) is 2.98. The van der Waals surface area contributed by atoms with Gasteiger partial charge in [-0.25, -0.2) is 9.37 Å². The van der Waals surface area contributed by atoms with Crippen LogP contribution in [-0.2, 0) is 0 Å². The summed E-state index contributed by atoms with van der Waals surface area (Å²) < 4.78 is 18.9. The van der Waals surface area contributed by atoms with Gasteiger partial charge in [-0.15, -0.1) is 11.3 Å². The van der Waals surface area contributed by atoms with E-state index in [0.717, 1.165) is 4.88 Å². The van der Waals surface area contributed by atoms with E-state index in [0.29, 0.717) is 16.3 Å². The number of halogens is 1. The van der Waals surface area contributed by atoms with Gasteiger partial charge in [-0.1, -0.05) is 6.07 Å². The van der Waals surface area contributed by atoms with Gasteiger partial charge in [0.2, 0.25) is 0 Å². The molecule has 2 N–H and O–H groups in total. The highest BCUT2D eigenvalue weighted by Crippen LogP contribution is 2.36. The van der Waals surface area contributed by atoms with Gasteiger partial charge >= 0.3 is 0 Å². The lowest BCUT2D eigenvalue weighted by Gasteiger charge is -2.06. The number of ether oxygens (including phenoxy) is 1. The molecule has 1 aromatic heterocycles. The minimum atomic E-state index is -0.338. The first-order valence-electron chi connectivity index (χ1n) is 5.17. The van der Waals surface area contributed by atoms with Crippen LogP contribution in [0.1, 0.15) is 17.8 Å². The average Bonchev–Trinajstić information content (AvgIpc) is 2.77. The molecule has 0 saturated carbocycles. The molecule has 3 nitrogen and oxygen atoms in total. The highest BCUT2D eigenvalue weighted by atomic mass is 32.1. The molecule has 17 heavy (non-hydrogen) atoms. The van der Waals surface area contributed by atoms with Crippen LogP contribution in [0.15, 0.2) is 24.4 Å². The molecular formula is C12H13FN2OS. The molecule has 0 amide bonds. The van der Waals surface area contributed by atoms with Crippen LogP contribution < -0.4 is 10.5 Å². The van der Waals surface area contributed by atoms with Crippen molar-refractivity contribution in [3.8, 4) is 16.3 Å². The molecule has 90 valence electrons.